The van der Waals surface area contributed by atoms with Crippen LogP contribution in [0.3, 0.4) is 0 Å². The summed E-state index contributed by atoms with van der Waals surface area (Å²) < 4.78 is 26.7. The molecule has 0 aliphatic heterocycles. The molecule has 0 saturated heterocycles. The number of hydrogen-bond acceptors (Lipinski definition) is 1. The molecular formula is C10H11Cl2F2N. The smallest absolute Gasteiger partial charge is 0.149 e. The summed E-state index contributed by atoms with van der Waals surface area (Å²) in [4.78, 5) is 0. The van der Waals surface area contributed by atoms with Crippen LogP contribution in [0.1, 0.15) is 24.4 Å². The number of nitrogens with two attached hydrogens (primary N) is 1. The fraction of sp³-hybridized carbons (Fsp3) is 0.400. The first-order valence-corrected chi connectivity index (χ1v) is 4.88. The molecule has 0 spiro atoms. The second kappa shape index (κ2) is 4.64. The van der Waals surface area contributed by atoms with E-state index in [2.05, 4.69) is 0 Å². The van der Waals surface area contributed by atoms with Crippen molar-refractivity contribution in [2.45, 2.75) is 18.9 Å². The van der Waals surface area contributed by atoms with Gasteiger partial charge in [0.15, 0.2) is 0 Å². The number of halogens is 4. The topological polar surface area (TPSA) is 26.0 Å². The highest BCUT2D eigenvalue weighted by molar-refractivity contribution is 6.30. The van der Waals surface area contributed by atoms with Gasteiger partial charge in [-0.2, -0.15) is 0 Å². The van der Waals surface area contributed by atoms with E-state index >= 15 is 0 Å². The van der Waals surface area contributed by atoms with Crippen LogP contribution >= 0.6 is 24.0 Å². The van der Waals surface area contributed by atoms with Crippen LogP contribution in [0.4, 0.5) is 8.78 Å². The van der Waals surface area contributed by atoms with Gasteiger partial charge in [0.25, 0.3) is 0 Å². The number of benzene rings is 1. The molecule has 0 unspecified atom stereocenters. The average molecular weight is 254 g/mol. The summed E-state index contributed by atoms with van der Waals surface area (Å²) in [6.45, 7) is 0. The zero-order valence-corrected chi connectivity index (χ0v) is 9.42. The van der Waals surface area contributed by atoms with E-state index in [1.54, 1.807) is 0 Å². The molecule has 1 aromatic rings. The Bertz CT molecular complexity index is 367. The molecule has 0 radical (unpaired) electrons. The summed E-state index contributed by atoms with van der Waals surface area (Å²) in [5.74, 6) is -1.12. The van der Waals surface area contributed by atoms with E-state index in [-0.39, 0.29) is 28.9 Å². The van der Waals surface area contributed by atoms with Crippen molar-refractivity contribution in [2.75, 3.05) is 0 Å². The second-order valence-electron chi connectivity index (χ2n) is 3.62. The van der Waals surface area contributed by atoms with Gasteiger partial charge in [0.2, 0.25) is 0 Å². The monoisotopic (exact) mass is 253 g/mol. The zero-order valence-electron chi connectivity index (χ0n) is 7.84. The van der Waals surface area contributed by atoms with Gasteiger partial charge in [-0.3, -0.25) is 0 Å². The molecule has 1 saturated carbocycles. The lowest BCUT2D eigenvalue weighted by molar-refractivity contribution is 0.504. The number of rotatable bonds is 2. The first-order valence-electron chi connectivity index (χ1n) is 4.50. The van der Waals surface area contributed by atoms with Crippen LogP contribution in [-0.4, -0.2) is 0 Å². The summed E-state index contributed by atoms with van der Waals surface area (Å²) in [5.41, 5.74) is 5.66. The molecule has 1 aromatic carbocycles. The van der Waals surface area contributed by atoms with Gasteiger partial charge in [0.05, 0.1) is 5.02 Å². The predicted molar refractivity (Wildman–Crippen MR) is 58.3 cm³/mol. The Labute approximate surface area is 98.0 Å². The van der Waals surface area contributed by atoms with Crippen molar-refractivity contribution < 1.29 is 8.78 Å². The quantitative estimate of drug-likeness (QED) is 0.803. The normalized spacial score (nSPS) is 17.1. The van der Waals surface area contributed by atoms with Crippen molar-refractivity contribution in [3.8, 4) is 0 Å². The molecule has 5 heteroatoms. The van der Waals surface area contributed by atoms with Crippen LogP contribution < -0.4 is 5.73 Å². The summed E-state index contributed by atoms with van der Waals surface area (Å²) in [6.07, 6.45) is 1.87. The van der Waals surface area contributed by atoms with Crippen molar-refractivity contribution in [3.63, 3.8) is 0 Å². The lowest BCUT2D eigenvalue weighted by atomic mass is 10.0. The summed E-state index contributed by atoms with van der Waals surface area (Å²) >= 11 is 5.56. The molecule has 15 heavy (non-hydrogen) atoms. The SMILES string of the molecule is Cl.N[C@H](c1c(F)ccc(Cl)c1F)C1CC1. The highest BCUT2D eigenvalue weighted by Gasteiger charge is 2.33. The third-order valence-electron chi connectivity index (χ3n) is 2.54. The van der Waals surface area contributed by atoms with Gasteiger partial charge in [0.1, 0.15) is 11.6 Å². The summed E-state index contributed by atoms with van der Waals surface area (Å²) in [7, 11) is 0. The maximum atomic E-state index is 13.4. The van der Waals surface area contributed by atoms with Gasteiger partial charge >= 0.3 is 0 Å². The highest BCUT2D eigenvalue weighted by Crippen LogP contribution is 2.41. The van der Waals surface area contributed by atoms with E-state index in [4.69, 9.17) is 17.3 Å². The third-order valence-corrected chi connectivity index (χ3v) is 2.83. The van der Waals surface area contributed by atoms with Gasteiger partial charge in [0, 0.05) is 11.6 Å². The van der Waals surface area contributed by atoms with Crippen molar-refractivity contribution in [1.82, 2.24) is 0 Å². The molecule has 0 aromatic heterocycles. The van der Waals surface area contributed by atoms with E-state index < -0.39 is 17.7 Å². The molecule has 2 N–H and O–H groups in total. The molecule has 2 rings (SSSR count). The molecule has 1 nitrogen and oxygen atoms in total. The van der Waals surface area contributed by atoms with Crippen LogP contribution in [0.25, 0.3) is 0 Å². The van der Waals surface area contributed by atoms with Crippen LogP contribution in [0, 0.1) is 17.6 Å². The Morgan fingerprint density at radius 1 is 1.33 bits per heavy atom. The third kappa shape index (κ3) is 2.41. The minimum atomic E-state index is -0.717. The average Bonchev–Trinajstić information content (AvgIpc) is 2.95. The minimum absolute atomic E-state index is 0. The summed E-state index contributed by atoms with van der Waals surface area (Å²) in [5, 5.41) is -0.0718. The fourth-order valence-corrected chi connectivity index (χ4v) is 1.70. The Morgan fingerprint density at radius 2 is 1.93 bits per heavy atom. The molecule has 1 aliphatic rings. The molecule has 1 fully saturated rings. The van der Waals surface area contributed by atoms with Crippen molar-refractivity contribution >= 4 is 24.0 Å². The van der Waals surface area contributed by atoms with Gasteiger partial charge in [-0.1, -0.05) is 11.6 Å². The van der Waals surface area contributed by atoms with Gasteiger partial charge in [-0.25, -0.2) is 8.78 Å². The molecule has 1 aliphatic carbocycles. The van der Waals surface area contributed by atoms with Crippen molar-refractivity contribution in [3.05, 3.63) is 34.4 Å². The van der Waals surface area contributed by atoms with E-state index in [1.165, 1.54) is 6.07 Å². The fourth-order valence-electron chi connectivity index (χ4n) is 1.54. The van der Waals surface area contributed by atoms with Gasteiger partial charge in [-0.05, 0) is 30.9 Å². The van der Waals surface area contributed by atoms with Crippen molar-refractivity contribution in [2.24, 2.45) is 11.7 Å². The number of hydrogen-bond donors (Lipinski definition) is 1. The first kappa shape index (κ1) is 12.7. The van der Waals surface area contributed by atoms with E-state index in [9.17, 15) is 8.78 Å². The maximum Gasteiger partial charge on any atom is 0.149 e. The molecule has 84 valence electrons. The van der Waals surface area contributed by atoms with E-state index in [0.717, 1.165) is 18.9 Å². The van der Waals surface area contributed by atoms with Crippen LogP contribution in [0.2, 0.25) is 5.02 Å². The second-order valence-corrected chi connectivity index (χ2v) is 4.03. The standard InChI is InChI=1S/C10H10ClF2N.ClH/c11-6-3-4-7(12)8(9(6)13)10(14)5-1-2-5;/h3-5,10H,1-2,14H2;1H/t10-;/m0./s1. The van der Waals surface area contributed by atoms with Gasteiger partial charge < -0.3 is 5.73 Å². The van der Waals surface area contributed by atoms with E-state index in [0.29, 0.717) is 0 Å². The van der Waals surface area contributed by atoms with Crippen LogP contribution in [-0.2, 0) is 0 Å². The lowest BCUT2D eigenvalue weighted by Gasteiger charge is -2.13. The Hall–Kier alpha value is -0.380. The summed E-state index contributed by atoms with van der Waals surface area (Å²) in [6, 6.07) is 1.80. The minimum Gasteiger partial charge on any atom is -0.324 e. The highest BCUT2D eigenvalue weighted by atomic mass is 35.5. The predicted octanol–water partition coefficient (Wildman–Crippen LogP) is 3.45. The Morgan fingerprint density at radius 3 is 2.47 bits per heavy atom. The van der Waals surface area contributed by atoms with Crippen LogP contribution in [0.5, 0.6) is 0 Å². The maximum absolute atomic E-state index is 13.4. The molecule has 0 bridgehead atoms. The lowest BCUT2D eigenvalue weighted by Crippen LogP contribution is -2.16. The van der Waals surface area contributed by atoms with E-state index in [1.807, 2.05) is 0 Å². The van der Waals surface area contributed by atoms with Crippen LogP contribution in [0.15, 0.2) is 12.1 Å². The first-order chi connectivity index (χ1) is 6.61. The molecular weight excluding hydrogens is 243 g/mol. The Balaban J connectivity index is 0.00000112. The molecule has 1 atom stereocenters. The van der Waals surface area contributed by atoms with Gasteiger partial charge in [-0.15, -0.1) is 12.4 Å². The Kier molecular flexibility index (Phi) is 3.93. The molecule has 0 amide bonds. The van der Waals surface area contributed by atoms with Crippen molar-refractivity contribution in [1.29, 1.82) is 0 Å². The largest absolute Gasteiger partial charge is 0.324 e. The molecule has 0 heterocycles. The zero-order chi connectivity index (χ0) is 10.3.